The molecule has 0 spiro atoms. The summed E-state index contributed by atoms with van der Waals surface area (Å²) in [7, 11) is 0. The Labute approximate surface area is 101 Å². The molecule has 0 aliphatic heterocycles. The largest absolute Gasteiger partial charge is 0.0990 e. The lowest BCUT2D eigenvalue weighted by Crippen LogP contribution is -1.77. The minimum atomic E-state index is 1.10. The van der Waals surface area contributed by atoms with Gasteiger partial charge in [-0.1, -0.05) is 89.4 Å². The molecule has 0 N–H and O–H groups in total. The van der Waals surface area contributed by atoms with Crippen LogP contribution in [0.25, 0.3) is 5.57 Å². The third-order valence-electron chi connectivity index (χ3n) is 1.62. The van der Waals surface area contributed by atoms with Crippen LogP contribution in [0.3, 0.4) is 0 Å². The molecule has 0 bridgehead atoms. The van der Waals surface area contributed by atoms with E-state index < -0.39 is 0 Å². The Morgan fingerprint density at radius 2 is 1.44 bits per heavy atom. The average molecular weight is 216 g/mol. The van der Waals surface area contributed by atoms with Gasteiger partial charge in [-0.3, -0.25) is 0 Å². The molecule has 0 radical (unpaired) electrons. The molecule has 0 aromatic heterocycles. The highest BCUT2D eigenvalue weighted by Crippen LogP contribution is 2.14. The summed E-state index contributed by atoms with van der Waals surface area (Å²) >= 11 is 0. The molecule has 0 fully saturated rings. The van der Waals surface area contributed by atoms with Gasteiger partial charge in [-0.15, -0.1) is 0 Å². The molecule has 16 heavy (non-hydrogen) atoms. The van der Waals surface area contributed by atoms with Gasteiger partial charge in [-0.25, -0.2) is 0 Å². The molecule has 1 aromatic rings. The van der Waals surface area contributed by atoms with Crippen molar-refractivity contribution in [2.75, 3.05) is 0 Å². The van der Waals surface area contributed by atoms with Gasteiger partial charge in [0, 0.05) is 0 Å². The lowest BCUT2D eigenvalue weighted by molar-refractivity contribution is 1.50. The maximum Gasteiger partial charge on any atom is -0.0184 e. The Hall–Kier alpha value is -1.56. The van der Waals surface area contributed by atoms with Crippen LogP contribution in [-0.4, -0.2) is 0 Å². The van der Waals surface area contributed by atoms with Crippen LogP contribution >= 0.6 is 0 Å². The molecule has 0 aliphatic carbocycles. The average Bonchev–Trinajstić information content (AvgIpc) is 2.41. The molecule has 1 rings (SSSR count). The van der Waals surface area contributed by atoms with E-state index in [1.165, 1.54) is 5.56 Å². The van der Waals surface area contributed by atoms with Crippen molar-refractivity contribution in [3.63, 3.8) is 0 Å². The normalized spacial score (nSPS) is 8.88. The first kappa shape index (κ1) is 16.9. The van der Waals surface area contributed by atoms with Crippen LogP contribution in [0.1, 0.15) is 33.3 Å². The van der Waals surface area contributed by atoms with Crippen LogP contribution in [-0.2, 0) is 0 Å². The Balaban J connectivity index is 0. The highest BCUT2D eigenvalue weighted by atomic mass is 14.0. The van der Waals surface area contributed by atoms with Crippen LogP contribution in [0, 0.1) is 0 Å². The zero-order chi connectivity index (χ0) is 12.8. The molecule has 1 aromatic carbocycles. The first-order valence-electron chi connectivity index (χ1n) is 5.89. The Bertz CT molecular complexity index is 291. The predicted octanol–water partition coefficient (Wildman–Crippen LogP) is 5.49. The molecule has 88 valence electrons. The molecular formula is C16H24. The summed E-state index contributed by atoms with van der Waals surface area (Å²) in [5.74, 6) is 0. The highest BCUT2D eigenvalue weighted by Gasteiger charge is 1.92. The molecule has 0 atom stereocenters. The smallest absolute Gasteiger partial charge is 0.0184 e. The zero-order valence-electron chi connectivity index (χ0n) is 11.0. The third kappa shape index (κ3) is 6.83. The summed E-state index contributed by atoms with van der Waals surface area (Å²) in [5.41, 5.74) is 2.28. The Morgan fingerprint density at radius 3 is 1.81 bits per heavy atom. The topological polar surface area (TPSA) is 0 Å². The zero-order valence-corrected chi connectivity index (χ0v) is 11.0. The standard InChI is InChI=1S/C12H12.2C2H6/c1-3-8-11(4-2)12-9-6-5-7-10-12;2*1-2/h3-10H,1-2H2;2*1-2H3/b11-8+;;. The molecule has 0 saturated heterocycles. The van der Waals surface area contributed by atoms with Gasteiger partial charge in [0.15, 0.2) is 0 Å². The minimum Gasteiger partial charge on any atom is -0.0990 e. The highest BCUT2D eigenvalue weighted by molar-refractivity contribution is 5.74. The summed E-state index contributed by atoms with van der Waals surface area (Å²) < 4.78 is 0. The number of allylic oxidation sites excluding steroid dienone is 4. The summed E-state index contributed by atoms with van der Waals surface area (Å²) in [6, 6.07) is 10.1. The minimum absolute atomic E-state index is 1.10. The summed E-state index contributed by atoms with van der Waals surface area (Å²) in [6.07, 6.45) is 5.54. The fourth-order valence-corrected chi connectivity index (χ4v) is 1.04. The quantitative estimate of drug-likeness (QED) is 0.586. The van der Waals surface area contributed by atoms with Crippen molar-refractivity contribution < 1.29 is 0 Å². The fourth-order valence-electron chi connectivity index (χ4n) is 1.04. The second kappa shape index (κ2) is 13.4. The molecule has 0 nitrogen and oxygen atoms in total. The van der Waals surface area contributed by atoms with Crippen LogP contribution in [0.5, 0.6) is 0 Å². The first-order valence-corrected chi connectivity index (χ1v) is 5.89. The van der Waals surface area contributed by atoms with Gasteiger partial charge in [-0.05, 0) is 11.1 Å². The molecular weight excluding hydrogens is 192 g/mol. The van der Waals surface area contributed by atoms with Gasteiger partial charge < -0.3 is 0 Å². The Kier molecular flexibility index (Phi) is 14.2. The van der Waals surface area contributed by atoms with Gasteiger partial charge in [0.1, 0.15) is 0 Å². The summed E-state index contributed by atoms with van der Waals surface area (Å²) in [5, 5.41) is 0. The van der Waals surface area contributed by atoms with Crippen molar-refractivity contribution in [3.8, 4) is 0 Å². The van der Waals surface area contributed by atoms with Gasteiger partial charge in [0.2, 0.25) is 0 Å². The summed E-state index contributed by atoms with van der Waals surface area (Å²) in [4.78, 5) is 0. The second-order valence-electron chi connectivity index (χ2n) is 2.43. The molecule has 0 amide bonds. The van der Waals surface area contributed by atoms with E-state index in [0.717, 1.165) is 5.57 Å². The van der Waals surface area contributed by atoms with E-state index >= 15 is 0 Å². The van der Waals surface area contributed by atoms with Crippen LogP contribution < -0.4 is 0 Å². The van der Waals surface area contributed by atoms with Crippen LogP contribution in [0.4, 0.5) is 0 Å². The van der Waals surface area contributed by atoms with Crippen molar-refractivity contribution in [1.29, 1.82) is 0 Å². The maximum atomic E-state index is 3.74. The maximum absolute atomic E-state index is 3.74. The van der Waals surface area contributed by atoms with Crippen molar-refractivity contribution in [1.82, 2.24) is 0 Å². The van der Waals surface area contributed by atoms with E-state index in [4.69, 9.17) is 0 Å². The lowest BCUT2D eigenvalue weighted by atomic mass is 10.1. The van der Waals surface area contributed by atoms with Gasteiger partial charge in [-0.2, -0.15) is 0 Å². The van der Waals surface area contributed by atoms with E-state index in [2.05, 4.69) is 25.3 Å². The molecule has 0 saturated carbocycles. The van der Waals surface area contributed by atoms with Gasteiger partial charge in [0.25, 0.3) is 0 Å². The lowest BCUT2D eigenvalue weighted by Gasteiger charge is -1.99. The number of rotatable bonds is 3. The van der Waals surface area contributed by atoms with E-state index in [0.29, 0.717) is 0 Å². The fraction of sp³-hybridized carbons (Fsp3) is 0.250. The van der Waals surface area contributed by atoms with E-state index in [1.54, 1.807) is 6.08 Å². The van der Waals surface area contributed by atoms with Crippen molar-refractivity contribution in [2.45, 2.75) is 27.7 Å². The number of hydrogen-bond donors (Lipinski definition) is 0. The first-order chi connectivity index (χ1) is 7.88. The van der Waals surface area contributed by atoms with Gasteiger partial charge >= 0.3 is 0 Å². The second-order valence-corrected chi connectivity index (χ2v) is 2.43. The summed E-state index contributed by atoms with van der Waals surface area (Å²) in [6.45, 7) is 15.4. The molecule has 0 heterocycles. The number of hydrogen-bond acceptors (Lipinski definition) is 0. The molecule has 0 aliphatic rings. The van der Waals surface area contributed by atoms with Crippen molar-refractivity contribution in [3.05, 3.63) is 67.3 Å². The van der Waals surface area contributed by atoms with Crippen LogP contribution in [0.2, 0.25) is 0 Å². The number of benzene rings is 1. The predicted molar refractivity (Wildman–Crippen MR) is 77.5 cm³/mol. The van der Waals surface area contributed by atoms with Crippen molar-refractivity contribution >= 4 is 5.57 Å². The Morgan fingerprint density at radius 1 is 0.938 bits per heavy atom. The SMILES string of the molecule is C=C/C=C(\C=C)c1ccccc1.CC.CC. The third-order valence-corrected chi connectivity index (χ3v) is 1.62. The van der Waals surface area contributed by atoms with E-state index in [-0.39, 0.29) is 0 Å². The van der Waals surface area contributed by atoms with E-state index in [9.17, 15) is 0 Å². The van der Waals surface area contributed by atoms with Gasteiger partial charge in [0.05, 0.1) is 0 Å². The molecule has 0 unspecified atom stereocenters. The van der Waals surface area contributed by atoms with Crippen LogP contribution in [0.15, 0.2) is 61.7 Å². The van der Waals surface area contributed by atoms with Crippen molar-refractivity contribution in [2.24, 2.45) is 0 Å². The molecule has 0 heteroatoms. The van der Waals surface area contributed by atoms with E-state index in [1.807, 2.05) is 58.0 Å². The monoisotopic (exact) mass is 216 g/mol.